The largest absolute Gasteiger partial charge is 0.326 e. The van der Waals surface area contributed by atoms with Crippen molar-refractivity contribution in [2.75, 3.05) is 16.4 Å². The summed E-state index contributed by atoms with van der Waals surface area (Å²) in [4.78, 5) is 24.5. The van der Waals surface area contributed by atoms with E-state index in [-0.39, 0.29) is 24.0 Å². The Labute approximate surface area is 180 Å². The van der Waals surface area contributed by atoms with Crippen molar-refractivity contribution in [3.8, 4) is 0 Å². The molecular formula is C22H25N5O2S. The van der Waals surface area contributed by atoms with E-state index in [2.05, 4.69) is 27.8 Å². The molecule has 2 aromatic carbocycles. The summed E-state index contributed by atoms with van der Waals surface area (Å²) in [6, 6.07) is 15.4. The number of aromatic nitrogens is 3. The molecule has 7 nitrogen and oxygen atoms in total. The minimum Gasteiger partial charge on any atom is -0.326 e. The van der Waals surface area contributed by atoms with E-state index in [0.29, 0.717) is 11.0 Å². The maximum Gasteiger partial charge on any atom is 0.234 e. The highest BCUT2D eigenvalue weighted by Gasteiger charge is 2.14. The maximum absolute atomic E-state index is 12.3. The zero-order valence-electron chi connectivity index (χ0n) is 17.3. The van der Waals surface area contributed by atoms with Gasteiger partial charge in [-0.2, -0.15) is 0 Å². The molecule has 2 N–H and O–H groups in total. The normalized spacial score (nSPS) is 10.6. The molecule has 0 fully saturated rings. The number of benzene rings is 2. The third-order valence-electron chi connectivity index (χ3n) is 4.56. The third-order valence-corrected chi connectivity index (χ3v) is 5.58. The average Bonchev–Trinajstić information content (AvgIpc) is 3.08. The summed E-state index contributed by atoms with van der Waals surface area (Å²) in [7, 11) is 1.79. The fraction of sp³-hybridized carbons (Fsp3) is 0.273. The van der Waals surface area contributed by atoms with Crippen LogP contribution in [0.25, 0.3) is 0 Å². The smallest absolute Gasteiger partial charge is 0.234 e. The Morgan fingerprint density at radius 3 is 2.17 bits per heavy atom. The number of carbonyl (C=O) groups excluding carboxylic acids is 2. The number of amides is 2. The number of anilines is 2. The number of rotatable bonds is 8. The molecule has 0 aliphatic carbocycles. The van der Waals surface area contributed by atoms with Gasteiger partial charge < -0.3 is 15.2 Å². The summed E-state index contributed by atoms with van der Waals surface area (Å²) in [5, 5.41) is 14.5. The minimum atomic E-state index is -0.167. The molecule has 3 rings (SSSR count). The van der Waals surface area contributed by atoms with Gasteiger partial charge in [0.25, 0.3) is 0 Å². The number of nitrogens with zero attached hydrogens (tertiary/aromatic N) is 3. The zero-order chi connectivity index (χ0) is 21.5. The minimum absolute atomic E-state index is 0.105. The summed E-state index contributed by atoms with van der Waals surface area (Å²) in [5.41, 5.74) is 3.86. The van der Waals surface area contributed by atoms with Gasteiger partial charge in [0.2, 0.25) is 11.8 Å². The van der Waals surface area contributed by atoms with E-state index in [4.69, 9.17) is 0 Å². The van der Waals surface area contributed by atoms with Crippen LogP contribution in [0, 0.1) is 6.92 Å². The van der Waals surface area contributed by atoms with Gasteiger partial charge in [-0.05, 0) is 43.2 Å². The van der Waals surface area contributed by atoms with Gasteiger partial charge in [-0.1, -0.05) is 48.5 Å². The Kier molecular flexibility index (Phi) is 7.24. The van der Waals surface area contributed by atoms with Crippen molar-refractivity contribution in [3.63, 3.8) is 0 Å². The van der Waals surface area contributed by atoms with Crippen molar-refractivity contribution in [2.24, 2.45) is 7.05 Å². The first-order valence-corrected chi connectivity index (χ1v) is 10.7. The van der Waals surface area contributed by atoms with Gasteiger partial charge in [-0.25, -0.2) is 0 Å². The van der Waals surface area contributed by atoms with Crippen LogP contribution in [0.1, 0.15) is 23.9 Å². The Morgan fingerprint density at radius 1 is 0.933 bits per heavy atom. The Bertz CT molecular complexity index is 1010. The van der Waals surface area contributed by atoms with Crippen LogP contribution in [0.2, 0.25) is 0 Å². The first-order valence-electron chi connectivity index (χ1n) is 9.71. The summed E-state index contributed by atoms with van der Waals surface area (Å²) in [6.07, 6.45) is 1.07. The first-order chi connectivity index (χ1) is 14.4. The quantitative estimate of drug-likeness (QED) is 0.541. The van der Waals surface area contributed by atoms with Crippen LogP contribution in [0.15, 0.2) is 53.7 Å². The molecule has 1 heterocycles. The second kappa shape index (κ2) is 10.1. The highest BCUT2D eigenvalue weighted by Crippen LogP contribution is 2.17. The van der Waals surface area contributed by atoms with Crippen molar-refractivity contribution in [2.45, 2.75) is 31.8 Å². The lowest BCUT2D eigenvalue weighted by Crippen LogP contribution is -2.17. The number of nitrogens with one attached hydrogen (secondary N) is 2. The lowest BCUT2D eigenvalue weighted by atomic mass is 10.1. The Morgan fingerprint density at radius 2 is 1.53 bits per heavy atom. The van der Waals surface area contributed by atoms with Crippen molar-refractivity contribution in [3.05, 3.63) is 65.5 Å². The monoisotopic (exact) mass is 423 g/mol. The van der Waals surface area contributed by atoms with Gasteiger partial charge in [0, 0.05) is 18.4 Å². The molecule has 2 amide bonds. The first kappa shape index (κ1) is 21.6. The van der Waals surface area contributed by atoms with E-state index in [1.54, 1.807) is 11.6 Å². The third kappa shape index (κ3) is 5.93. The Hall–Kier alpha value is -3.13. The molecule has 0 atom stereocenters. The second-order valence-electron chi connectivity index (χ2n) is 6.94. The molecule has 0 spiro atoms. The summed E-state index contributed by atoms with van der Waals surface area (Å²) in [6.45, 7) is 4.08. The van der Waals surface area contributed by atoms with Gasteiger partial charge in [-0.15, -0.1) is 10.2 Å². The van der Waals surface area contributed by atoms with Crippen LogP contribution in [0.3, 0.4) is 0 Å². The van der Waals surface area contributed by atoms with Crippen LogP contribution >= 0.6 is 11.8 Å². The molecular weight excluding hydrogens is 398 g/mol. The van der Waals surface area contributed by atoms with Crippen LogP contribution in [0.5, 0.6) is 0 Å². The number of hydrogen-bond donors (Lipinski definition) is 2. The molecule has 0 radical (unpaired) electrons. The van der Waals surface area contributed by atoms with Gasteiger partial charge in [0.1, 0.15) is 5.82 Å². The van der Waals surface area contributed by atoms with E-state index in [1.807, 2.05) is 55.5 Å². The molecule has 0 saturated carbocycles. The fourth-order valence-electron chi connectivity index (χ4n) is 2.76. The number of hydrogen-bond acceptors (Lipinski definition) is 5. The van der Waals surface area contributed by atoms with Gasteiger partial charge >= 0.3 is 0 Å². The lowest BCUT2D eigenvalue weighted by molar-refractivity contribution is -0.116. The molecule has 3 aromatic rings. The van der Waals surface area contributed by atoms with E-state index in [0.717, 1.165) is 23.4 Å². The standard InChI is InChI=1S/C22H25N5O2S/c1-4-16-7-11-18(12-8-16)24-21(29)14-30-22-26-25-19(27(22)3)13-20(28)23-17-9-5-15(2)6-10-17/h5-12H,4,13-14H2,1-3H3,(H,23,28)(H,24,29). The maximum atomic E-state index is 12.3. The highest BCUT2D eigenvalue weighted by atomic mass is 32.2. The number of thioether (sulfide) groups is 1. The summed E-state index contributed by atoms with van der Waals surface area (Å²) < 4.78 is 1.74. The van der Waals surface area contributed by atoms with E-state index in [1.165, 1.54) is 17.3 Å². The van der Waals surface area contributed by atoms with Crippen LogP contribution < -0.4 is 10.6 Å². The summed E-state index contributed by atoms with van der Waals surface area (Å²) in [5.74, 6) is 0.458. The Balaban J connectivity index is 1.51. The molecule has 8 heteroatoms. The predicted molar refractivity (Wildman–Crippen MR) is 120 cm³/mol. The van der Waals surface area contributed by atoms with Crippen molar-refractivity contribution >= 4 is 35.0 Å². The topological polar surface area (TPSA) is 88.9 Å². The number of carbonyl (C=O) groups is 2. The van der Waals surface area contributed by atoms with E-state index < -0.39 is 0 Å². The molecule has 156 valence electrons. The highest BCUT2D eigenvalue weighted by molar-refractivity contribution is 7.99. The molecule has 0 unspecified atom stereocenters. The predicted octanol–water partition coefficient (Wildman–Crippen LogP) is 3.60. The van der Waals surface area contributed by atoms with E-state index in [9.17, 15) is 9.59 Å². The zero-order valence-corrected chi connectivity index (χ0v) is 18.1. The van der Waals surface area contributed by atoms with Gasteiger partial charge in [0.05, 0.1) is 12.2 Å². The molecule has 0 bridgehead atoms. The molecule has 0 aliphatic heterocycles. The van der Waals surface area contributed by atoms with Crippen LogP contribution in [-0.4, -0.2) is 32.3 Å². The van der Waals surface area contributed by atoms with Crippen molar-refractivity contribution < 1.29 is 9.59 Å². The average molecular weight is 424 g/mol. The van der Waals surface area contributed by atoms with Crippen molar-refractivity contribution in [1.29, 1.82) is 0 Å². The molecule has 0 aliphatic rings. The molecule has 1 aromatic heterocycles. The van der Waals surface area contributed by atoms with Crippen molar-refractivity contribution in [1.82, 2.24) is 14.8 Å². The molecule has 0 saturated heterocycles. The van der Waals surface area contributed by atoms with Gasteiger partial charge in [-0.3, -0.25) is 9.59 Å². The van der Waals surface area contributed by atoms with Gasteiger partial charge in [0.15, 0.2) is 5.16 Å². The van der Waals surface area contributed by atoms with E-state index >= 15 is 0 Å². The number of aryl methyl sites for hydroxylation is 2. The fourth-order valence-corrected chi connectivity index (χ4v) is 3.49. The van der Waals surface area contributed by atoms with Crippen LogP contribution in [-0.2, 0) is 29.5 Å². The molecule has 30 heavy (non-hydrogen) atoms. The van der Waals surface area contributed by atoms with Crippen LogP contribution in [0.4, 0.5) is 11.4 Å². The second-order valence-corrected chi connectivity index (χ2v) is 7.88. The lowest BCUT2D eigenvalue weighted by Gasteiger charge is -2.07. The SMILES string of the molecule is CCc1ccc(NC(=O)CSc2nnc(CC(=O)Nc3ccc(C)cc3)n2C)cc1. The summed E-state index contributed by atoms with van der Waals surface area (Å²) >= 11 is 1.28.